The minimum atomic E-state index is -5.33. The Morgan fingerprint density at radius 2 is 1.67 bits per heavy atom. The minimum absolute atomic E-state index is 0.0432. The number of carbonyl (C=O) groups excluding carboxylic acids is 3. The first-order valence-corrected chi connectivity index (χ1v) is 21.8. The molecular formula is C38H42N4O12P2S. The first kappa shape index (κ1) is 41.9. The van der Waals surface area contributed by atoms with Gasteiger partial charge in [-0.25, -0.2) is 23.7 Å². The van der Waals surface area contributed by atoms with Crippen molar-refractivity contribution in [2.75, 3.05) is 32.9 Å². The van der Waals surface area contributed by atoms with E-state index < -0.39 is 58.5 Å². The molecule has 6 rings (SSSR count). The second-order valence-corrected chi connectivity index (χ2v) is 17.1. The number of aromatic nitrogens is 1. The third-order valence-electron chi connectivity index (χ3n) is 9.36. The summed E-state index contributed by atoms with van der Waals surface area (Å²) in [5.41, 5.74) is 8.60. The summed E-state index contributed by atoms with van der Waals surface area (Å²) in [6, 6.07) is 21.5. The van der Waals surface area contributed by atoms with Crippen LogP contribution in [0.1, 0.15) is 47.7 Å². The van der Waals surface area contributed by atoms with Gasteiger partial charge in [0, 0.05) is 18.9 Å². The van der Waals surface area contributed by atoms with Gasteiger partial charge in [-0.05, 0) is 47.2 Å². The number of hydrogen-bond acceptors (Lipinski definition) is 12. The third-order valence-corrected chi connectivity index (χ3v) is 13.1. The van der Waals surface area contributed by atoms with E-state index in [4.69, 9.17) is 18.5 Å². The Kier molecular flexibility index (Phi) is 13.4. The van der Waals surface area contributed by atoms with E-state index in [1.807, 2.05) is 79.7 Å². The molecule has 5 atom stereocenters. The first-order valence-electron chi connectivity index (χ1n) is 17.9. The van der Waals surface area contributed by atoms with Gasteiger partial charge in [-0.3, -0.25) is 18.7 Å². The number of ether oxygens (including phenoxy) is 2. The normalized spacial score (nSPS) is 18.7. The average molecular weight is 841 g/mol. The molecule has 302 valence electrons. The van der Waals surface area contributed by atoms with Crippen molar-refractivity contribution in [1.82, 2.24) is 20.5 Å². The molecule has 16 nitrogen and oxygen atoms in total. The number of nitrogens with one attached hydrogen (secondary N) is 2. The van der Waals surface area contributed by atoms with Crippen LogP contribution in [0.25, 0.3) is 21.6 Å². The highest BCUT2D eigenvalue weighted by Gasteiger charge is 2.46. The lowest BCUT2D eigenvalue weighted by molar-refractivity contribution is -0.125. The number of likely N-dealkylation sites (tertiary alicyclic amines) is 1. The van der Waals surface area contributed by atoms with Gasteiger partial charge in [-0.15, -0.1) is 11.3 Å². The number of thiazole rings is 1. The van der Waals surface area contributed by atoms with Crippen molar-refractivity contribution in [3.63, 3.8) is 0 Å². The summed E-state index contributed by atoms with van der Waals surface area (Å²) in [4.78, 5) is 65.8. The number of benzene rings is 3. The summed E-state index contributed by atoms with van der Waals surface area (Å²) in [5, 5.41) is 5.25. The largest absolute Gasteiger partial charge is 0.481 e. The number of phosphoric ester groups is 2. The molecule has 1 saturated heterocycles. The van der Waals surface area contributed by atoms with Crippen LogP contribution in [0.3, 0.4) is 0 Å². The average Bonchev–Trinajstić information content (AvgIpc) is 3.89. The lowest BCUT2D eigenvalue weighted by atomic mass is 9.98. The van der Waals surface area contributed by atoms with E-state index in [0.717, 1.165) is 48.9 Å². The second-order valence-electron chi connectivity index (χ2n) is 13.2. The van der Waals surface area contributed by atoms with Crippen LogP contribution >= 0.6 is 27.0 Å². The molecule has 2 aliphatic rings. The Morgan fingerprint density at radius 3 is 2.30 bits per heavy atom. The summed E-state index contributed by atoms with van der Waals surface area (Å²) < 4.78 is 50.5. The maximum atomic E-state index is 13.5. The topological polar surface area (TPSA) is 212 Å². The van der Waals surface area contributed by atoms with Crippen molar-refractivity contribution in [3.05, 3.63) is 113 Å². The predicted molar refractivity (Wildman–Crippen MR) is 210 cm³/mol. The van der Waals surface area contributed by atoms with Crippen LogP contribution in [0.2, 0.25) is 0 Å². The predicted octanol–water partition coefficient (Wildman–Crippen LogP) is 6.85. The first-order chi connectivity index (χ1) is 27.2. The van der Waals surface area contributed by atoms with Crippen LogP contribution in [0.15, 0.2) is 91.0 Å². The molecule has 19 heteroatoms. The zero-order valence-electron chi connectivity index (χ0n) is 31.0. The number of aryl methyl sites for hydroxylation is 1. The van der Waals surface area contributed by atoms with Crippen LogP contribution in [-0.2, 0) is 36.8 Å². The van der Waals surface area contributed by atoms with Gasteiger partial charge in [0.15, 0.2) is 0 Å². The maximum Gasteiger partial charge on any atom is 0.481 e. The summed E-state index contributed by atoms with van der Waals surface area (Å²) >= 11 is 1.52. The molecule has 1 aromatic heterocycles. The zero-order chi connectivity index (χ0) is 40.7. The summed E-state index contributed by atoms with van der Waals surface area (Å²) in [6.45, 7) is 5.76. The molecule has 0 radical (unpaired) electrons. The van der Waals surface area contributed by atoms with E-state index in [2.05, 4.69) is 26.5 Å². The van der Waals surface area contributed by atoms with Gasteiger partial charge < -0.3 is 29.9 Å². The van der Waals surface area contributed by atoms with E-state index in [9.17, 15) is 33.3 Å². The van der Waals surface area contributed by atoms with Crippen molar-refractivity contribution in [3.8, 4) is 21.6 Å². The van der Waals surface area contributed by atoms with Gasteiger partial charge in [0.1, 0.15) is 19.3 Å². The van der Waals surface area contributed by atoms with Crippen LogP contribution < -0.4 is 10.6 Å². The van der Waals surface area contributed by atoms with Gasteiger partial charge in [0.2, 0.25) is 5.91 Å². The van der Waals surface area contributed by atoms with Crippen molar-refractivity contribution in [2.45, 2.75) is 44.4 Å². The standard InChI is InChI=1S/C38H42N4O12P2S/c1-4-18-50-38(45)42-21-28(20-34(42)36(43)41-24(2)26-13-15-27(16-14-26)35-25(3)40-23-57-35)53-56(48,49)54-55(46,47)52-19-17-39-37(44)51-22-33-31-11-7-5-9-29(31)30-10-6-8-12-32(30)33/h4-16,23-24,28,33-34H,1,17-22H2,2-3H3,(H,39,44)(H,41,43)(H,46,47)(H,48,49)/t24-,28+,34-/m0/s1. The van der Waals surface area contributed by atoms with E-state index in [1.54, 1.807) is 12.4 Å². The molecule has 3 aromatic carbocycles. The molecule has 2 unspecified atom stereocenters. The van der Waals surface area contributed by atoms with E-state index in [1.165, 1.54) is 17.4 Å². The van der Waals surface area contributed by atoms with Crippen LogP contribution in [-0.4, -0.2) is 82.8 Å². The molecule has 1 aliphatic heterocycles. The molecule has 0 saturated carbocycles. The quantitative estimate of drug-likeness (QED) is 0.0517. The molecule has 0 spiro atoms. The molecule has 4 N–H and O–H groups in total. The lowest BCUT2D eigenvalue weighted by Gasteiger charge is -2.24. The number of phosphoric acid groups is 2. The van der Waals surface area contributed by atoms with Gasteiger partial charge in [-0.2, -0.15) is 4.31 Å². The van der Waals surface area contributed by atoms with Gasteiger partial charge in [0.25, 0.3) is 0 Å². The van der Waals surface area contributed by atoms with Gasteiger partial charge >= 0.3 is 27.8 Å². The second kappa shape index (κ2) is 18.3. The van der Waals surface area contributed by atoms with Crippen molar-refractivity contribution < 1.29 is 56.1 Å². The van der Waals surface area contributed by atoms with Gasteiger partial charge in [-0.1, -0.05) is 85.5 Å². The Balaban J connectivity index is 0.979. The SMILES string of the molecule is C=CCOC(=O)N1C[C@H](OP(=O)(O)OP(=O)(O)OCCNC(=O)OCC2c3ccccc3-c3ccccc32)C[C@H]1C(=O)N[C@@H](C)c1ccc(-c2scnc2C)cc1. The fourth-order valence-corrected chi connectivity index (χ4v) is 9.81. The molecule has 2 heterocycles. The monoisotopic (exact) mass is 840 g/mol. The number of fused-ring (bicyclic) bond motifs is 3. The fourth-order valence-electron chi connectivity index (χ4n) is 6.76. The smallest absolute Gasteiger partial charge is 0.449 e. The highest BCUT2D eigenvalue weighted by Crippen LogP contribution is 2.61. The molecule has 4 aromatic rings. The maximum absolute atomic E-state index is 13.5. The van der Waals surface area contributed by atoms with Crippen molar-refractivity contribution >= 4 is 45.1 Å². The Hall–Kier alpha value is -4.70. The fraction of sp³-hybridized carbons (Fsp3) is 0.316. The highest BCUT2D eigenvalue weighted by atomic mass is 32.1. The van der Waals surface area contributed by atoms with Crippen molar-refractivity contribution in [1.29, 1.82) is 0 Å². The Labute approximate surface area is 333 Å². The van der Waals surface area contributed by atoms with E-state index in [-0.39, 0.29) is 38.6 Å². The number of carbonyl (C=O) groups is 3. The van der Waals surface area contributed by atoms with Crippen LogP contribution in [0, 0.1) is 6.92 Å². The van der Waals surface area contributed by atoms with E-state index >= 15 is 0 Å². The Morgan fingerprint density at radius 1 is 1.00 bits per heavy atom. The summed E-state index contributed by atoms with van der Waals surface area (Å²) in [5.74, 6) is -0.773. The third kappa shape index (κ3) is 10.4. The molecule has 1 fully saturated rings. The molecule has 57 heavy (non-hydrogen) atoms. The number of nitrogens with zero attached hydrogens (tertiary/aromatic N) is 2. The molecule has 1 aliphatic carbocycles. The lowest BCUT2D eigenvalue weighted by Crippen LogP contribution is -2.46. The number of rotatable bonds is 16. The van der Waals surface area contributed by atoms with Crippen LogP contribution in [0.4, 0.5) is 9.59 Å². The summed E-state index contributed by atoms with van der Waals surface area (Å²) in [6.07, 6.45) is -1.96. The molecule has 0 bridgehead atoms. The molecular weight excluding hydrogens is 798 g/mol. The zero-order valence-corrected chi connectivity index (χ0v) is 33.6. The van der Waals surface area contributed by atoms with E-state index in [0.29, 0.717) is 0 Å². The number of hydrogen-bond donors (Lipinski definition) is 4. The number of alkyl carbamates (subject to hydrolysis) is 1. The Bertz CT molecular complexity index is 2160. The minimum Gasteiger partial charge on any atom is -0.449 e. The van der Waals surface area contributed by atoms with Crippen molar-refractivity contribution in [2.24, 2.45) is 0 Å². The van der Waals surface area contributed by atoms with Gasteiger partial charge in [0.05, 0.1) is 41.4 Å². The van der Waals surface area contributed by atoms with Crippen LogP contribution in [0.5, 0.6) is 0 Å². The highest BCUT2D eigenvalue weighted by molar-refractivity contribution is 7.61. The summed E-state index contributed by atoms with van der Waals surface area (Å²) in [7, 11) is -10.6. The number of amides is 3. The molecule has 3 amide bonds.